The van der Waals surface area contributed by atoms with Crippen LogP contribution >= 0.6 is 23.1 Å². The summed E-state index contributed by atoms with van der Waals surface area (Å²) in [6.07, 6.45) is 3.05. The highest BCUT2D eigenvalue weighted by molar-refractivity contribution is 8.01. The third-order valence-electron chi connectivity index (χ3n) is 4.47. The largest absolute Gasteiger partial charge is 0.497 e. The van der Waals surface area contributed by atoms with Gasteiger partial charge in [0.15, 0.2) is 15.8 Å². The zero-order chi connectivity index (χ0) is 23.9. The van der Waals surface area contributed by atoms with Gasteiger partial charge >= 0.3 is 0 Å². The van der Waals surface area contributed by atoms with Crippen LogP contribution in [0, 0.1) is 0 Å². The predicted octanol–water partition coefficient (Wildman–Crippen LogP) is 3.67. The molecule has 4 rings (SSSR count). The second-order valence-electron chi connectivity index (χ2n) is 6.71. The molecule has 2 amide bonds. The Morgan fingerprint density at radius 2 is 1.94 bits per heavy atom. The molecule has 0 unspecified atom stereocenters. The zero-order valence-corrected chi connectivity index (χ0v) is 19.8. The van der Waals surface area contributed by atoms with Crippen molar-refractivity contribution in [1.29, 1.82) is 0 Å². The average molecular weight is 501 g/mol. The lowest BCUT2D eigenvalue weighted by atomic mass is 10.2. The summed E-state index contributed by atoms with van der Waals surface area (Å²) < 4.78 is 21.6. The smallest absolute Gasteiger partial charge is 0.250 e. The van der Waals surface area contributed by atoms with E-state index < -0.39 is 0 Å². The number of ether oxygens (including phenoxy) is 4. The van der Waals surface area contributed by atoms with Crippen molar-refractivity contribution in [2.24, 2.45) is 0 Å². The quantitative estimate of drug-likeness (QED) is 0.257. The van der Waals surface area contributed by atoms with Gasteiger partial charge in [0.25, 0.3) is 0 Å². The van der Waals surface area contributed by atoms with E-state index in [-0.39, 0.29) is 24.4 Å². The Labute approximate surface area is 203 Å². The minimum Gasteiger partial charge on any atom is -0.497 e. The third-order valence-corrected chi connectivity index (χ3v) is 6.44. The van der Waals surface area contributed by atoms with E-state index >= 15 is 0 Å². The van der Waals surface area contributed by atoms with Crippen LogP contribution in [0.25, 0.3) is 6.08 Å². The number of amides is 2. The summed E-state index contributed by atoms with van der Waals surface area (Å²) in [6.45, 7) is 0.192. The monoisotopic (exact) mass is 500 g/mol. The third kappa shape index (κ3) is 5.97. The van der Waals surface area contributed by atoms with Crippen molar-refractivity contribution in [3.8, 4) is 23.0 Å². The average Bonchev–Trinajstić information content (AvgIpc) is 3.50. The highest BCUT2D eigenvalue weighted by Gasteiger charge is 2.14. The van der Waals surface area contributed by atoms with Gasteiger partial charge in [-0.15, -0.1) is 10.2 Å². The summed E-state index contributed by atoms with van der Waals surface area (Å²) in [4.78, 5) is 24.6. The van der Waals surface area contributed by atoms with E-state index in [9.17, 15) is 9.59 Å². The van der Waals surface area contributed by atoms with Crippen LogP contribution in [-0.2, 0) is 9.59 Å². The van der Waals surface area contributed by atoms with Crippen LogP contribution in [0.15, 0.2) is 46.8 Å². The standard InChI is InChI=1S/C22H20N4O6S2/c1-29-14-5-7-16(30-2)15(10-14)23-20(28)11-33-22-26-25-21(34-22)24-19(27)8-4-13-3-6-17-18(9-13)32-12-31-17/h3-10H,11-12H2,1-2H3,(H,23,28)(H,24,25,27)/b8-4+. The van der Waals surface area contributed by atoms with Gasteiger partial charge in [-0.25, -0.2) is 0 Å². The maximum Gasteiger partial charge on any atom is 0.250 e. The first-order chi connectivity index (χ1) is 16.5. The van der Waals surface area contributed by atoms with Crippen molar-refractivity contribution < 1.29 is 28.5 Å². The molecule has 0 spiro atoms. The number of anilines is 2. The van der Waals surface area contributed by atoms with E-state index in [0.717, 1.165) is 5.56 Å². The van der Waals surface area contributed by atoms with Crippen molar-refractivity contribution in [3.63, 3.8) is 0 Å². The molecule has 0 atom stereocenters. The van der Waals surface area contributed by atoms with Crippen LogP contribution in [0.1, 0.15) is 5.56 Å². The van der Waals surface area contributed by atoms with Crippen molar-refractivity contribution in [3.05, 3.63) is 48.0 Å². The summed E-state index contributed by atoms with van der Waals surface area (Å²) in [5, 5.41) is 13.7. The molecule has 12 heteroatoms. The summed E-state index contributed by atoms with van der Waals surface area (Å²) in [5.41, 5.74) is 1.30. The van der Waals surface area contributed by atoms with Crippen LogP contribution in [-0.4, -0.2) is 48.8 Å². The fourth-order valence-corrected chi connectivity index (χ4v) is 4.43. The molecule has 0 radical (unpaired) electrons. The number of hydrogen-bond donors (Lipinski definition) is 2. The van der Waals surface area contributed by atoms with E-state index in [0.29, 0.717) is 38.2 Å². The molecule has 10 nitrogen and oxygen atoms in total. The Bertz CT molecular complexity index is 1230. The minimum absolute atomic E-state index is 0.104. The minimum atomic E-state index is -0.353. The molecule has 0 saturated heterocycles. The number of nitrogens with one attached hydrogen (secondary N) is 2. The molecule has 0 fully saturated rings. The zero-order valence-electron chi connectivity index (χ0n) is 18.2. The van der Waals surface area contributed by atoms with Crippen LogP contribution < -0.4 is 29.6 Å². The predicted molar refractivity (Wildman–Crippen MR) is 129 cm³/mol. The number of fused-ring (bicyclic) bond motifs is 1. The molecular formula is C22H20N4O6S2. The topological polar surface area (TPSA) is 121 Å². The molecule has 0 saturated carbocycles. The molecule has 2 heterocycles. The summed E-state index contributed by atoms with van der Waals surface area (Å²) in [6, 6.07) is 10.5. The molecule has 0 aliphatic carbocycles. The van der Waals surface area contributed by atoms with Crippen molar-refractivity contribution in [2.75, 3.05) is 37.4 Å². The Balaban J connectivity index is 1.27. The van der Waals surface area contributed by atoms with Crippen LogP contribution in [0.3, 0.4) is 0 Å². The number of carbonyl (C=O) groups is 2. The Morgan fingerprint density at radius 3 is 2.76 bits per heavy atom. The van der Waals surface area contributed by atoms with Gasteiger partial charge in [0.05, 0.1) is 25.7 Å². The van der Waals surface area contributed by atoms with Crippen molar-refractivity contribution in [2.45, 2.75) is 4.34 Å². The number of hydrogen-bond acceptors (Lipinski definition) is 10. The van der Waals surface area contributed by atoms with Gasteiger partial charge in [0, 0.05) is 12.1 Å². The van der Waals surface area contributed by atoms with Gasteiger partial charge in [-0.1, -0.05) is 29.2 Å². The lowest BCUT2D eigenvalue weighted by Crippen LogP contribution is -2.14. The maximum atomic E-state index is 12.4. The van der Waals surface area contributed by atoms with Gasteiger partial charge in [-0.3, -0.25) is 14.9 Å². The van der Waals surface area contributed by atoms with Gasteiger partial charge in [0.1, 0.15) is 11.5 Å². The number of rotatable bonds is 9. The van der Waals surface area contributed by atoms with Gasteiger partial charge in [-0.2, -0.15) is 0 Å². The Hall–Kier alpha value is -3.77. The SMILES string of the molecule is COc1ccc(OC)c(NC(=O)CSc2nnc(NC(=O)/C=C/c3ccc4c(c3)OCO4)s2)c1. The molecule has 1 aliphatic heterocycles. The number of carbonyl (C=O) groups excluding carboxylic acids is 2. The van der Waals surface area contributed by atoms with Crippen molar-refractivity contribution in [1.82, 2.24) is 10.2 Å². The van der Waals surface area contributed by atoms with Crippen LogP contribution in [0.2, 0.25) is 0 Å². The second kappa shape index (κ2) is 10.9. The molecular weight excluding hydrogens is 480 g/mol. The molecule has 3 aromatic rings. The fraction of sp³-hybridized carbons (Fsp3) is 0.182. The molecule has 34 heavy (non-hydrogen) atoms. The first-order valence-electron chi connectivity index (χ1n) is 9.91. The fourth-order valence-electron chi connectivity index (χ4n) is 2.88. The normalized spacial score (nSPS) is 11.9. The van der Waals surface area contributed by atoms with E-state index in [2.05, 4.69) is 20.8 Å². The van der Waals surface area contributed by atoms with Gasteiger partial charge in [-0.05, 0) is 35.9 Å². The second-order valence-corrected chi connectivity index (χ2v) is 8.91. The Kier molecular flexibility index (Phi) is 7.50. The lowest BCUT2D eigenvalue weighted by Gasteiger charge is -2.11. The highest BCUT2D eigenvalue weighted by Crippen LogP contribution is 2.33. The number of benzene rings is 2. The Morgan fingerprint density at radius 1 is 1.09 bits per heavy atom. The number of methoxy groups -OCH3 is 2. The molecule has 2 N–H and O–H groups in total. The summed E-state index contributed by atoms with van der Waals surface area (Å²) in [7, 11) is 3.07. The molecule has 0 bridgehead atoms. The number of nitrogens with zero attached hydrogens (tertiary/aromatic N) is 2. The number of thioether (sulfide) groups is 1. The van der Waals surface area contributed by atoms with Gasteiger partial charge < -0.3 is 24.3 Å². The highest BCUT2D eigenvalue weighted by atomic mass is 32.2. The first-order valence-corrected chi connectivity index (χ1v) is 11.7. The first kappa shape index (κ1) is 23.4. The molecule has 2 aromatic carbocycles. The maximum absolute atomic E-state index is 12.4. The summed E-state index contributed by atoms with van der Waals surface area (Å²) in [5.74, 6) is 1.94. The lowest BCUT2D eigenvalue weighted by molar-refractivity contribution is -0.114. The van der Waals surface area contributed by atoms with E-state index in [1.807, 2.05) is 6.07 Å². The molecule has 176 valence electrons. The van der Waals surface area contributed by atoms with Crippen LogP contribution in [0.4, 0.5) is 10.8 Å². The van der Waals surface area contributed by atoms with E-state index in [1.54, 1.807) is 43.5 Å². The van der Waals surface area contributed by atoms with Crippen LogP contribution in [0.5, 0.6) is 23.0 Å². The van der Waals surface area contributed by atoms with Crippen molar-refractivity contribution >= 4 is 51.8 Å². The molecule has 1 aliphatic rings. The summed E-state index contributed by atoms with van der Waals surface area (Å²) >= 11 is 2.38. The van der Waals surface area contributed by atoms with E-state index in [4.69, 9.17) is 18.9 Å². The number of aromatic nitrogens is 2. The van der Waals surface area contributed by atoms with E-state index in [1.165, 1.54) is 36.3 Å². The van der Waals surface area contributed by atoms with Gasteiger partial charge in [0.2, 0.25) is 23.7 Å². The molecule has 1 aromatic heterocycles.